The molecule has 0 aliphatic heterocycles. The highest BCUT2D eigenvalue weighted by molar-refractivity contribution is 5.70. The maximum absolute atomic E-state index is 10.8. The maximum Gasteiger partial charge on any atom is 0.311 e. The summed E-state index contributed by atoms with van der Waals surface area (Å²) in [5, 5.41) is 20.6. The molecule has 1 rings (SSSR count). The van der Waals surface area contributed by atoms with Gasteiger partial charge < -0.3 is 15.5 Å². The highest BCUT2D eigenvalue weighted by Crippen LogP contribution is 2.07. The Hall–Kier alpha value is -2.25. The van der Waals surface area contributed by atoms with Crippen LogP contribution in [0.3, 0.4) is 0 Å². The van der Waals surface area contributed by atoms with Crippen molar-refractivity contribution in [1.29, 1.82) is 0 Å². The Balaban J connectivity index is 2.54. The van der Waals surface area contributed by atoms with Crippen LogP contribution in [0.1, 0.15) is 57.1 Å². The molecule has 23 heavy (non-hydrogen) atoms. The number of aromatic nitrogens is 3. The van der Waals surface area contributed by atoms with Gasteiger partial charge in [0.15, 0.2) is 0 Å². The van der Waals surface area contributed by atoms with E-state index in [9.17, 15) is 9.59 Å². The number of carboxylic acid groups (broad SMARTS) is 2. The number of nitrogens with one attached hydrogen (secondary N) is 1. The van der Waals surface area contributed by atoms with Gasteiger partial charge in [0.1, 0.15) is 24.5 Å². The SMILES string of the molecule is CCCCCCCCNc1nc(CC(=O)O)nc(CC(=O)O)n1. The molecule has 0 fully saturated rings. The molecule has 1 aromatic heterocycles. The van der Waals surface area contributed by atoms with Crippen molar-refractivity contribution in [2.45, 2.75) is 58.3 Å². The predicted octanol–water partition coefficient (Wildman–Crippen LogP) is 1.90. The van der Waals surface area contributed by atoms with Gasteiger partial charge in [-0.25, -0.2) is 4.98 Å². The highest BCUT2D eigenvalue weighted by atomic mass is 16.4. The molecule has 0 unspecified atom stereocenters. The van der Waals surface area contributed by atoms with E-state index < -0.39 is 11.9 Å². The third-order valence-corrected chi connectivity index (χ3v) is 3.16. The summed E-state index contributed by atoms with van der Waals surface area (Å²) >= 11 is 0. The van der Waals surface area contributed by atoms with Gasteiger partial charge in [-0.2, -0.15) is 9.97 Å². The summed E-state index contributed by atoms with van der Waals surface area (Å²) < 4.78 is 0. The first kappa shape index (κ1) is 18.8. The van der Waals surface area contributed by atoms with Gasteiger partial charge in [0.25, 0.3) is 0 Å². The third kappa shape index (κ3) is 8.70. The fourth-order valence-electron chi connectivity index (χ4n) is 2.08. The number of anilines is 1. The molecular weight excluding hydrogens is 300 g/mol. The number of hydrogen-bond donors (Lipinski definition) is 3. The van der Waals surface area contributed by atoms with E-state index in [1.165, 1.54) is 25.7 Å². The van der Waals surface area contributed by atoms with E-state index in [-0.39, 0.29) is 30.4 Å². The lowest BCUT2D eigenvalue weighted by Crippen LogP contribution is -2.15. The molecule has 0 spiro atoms. The minimum Gasteiger partial charge on any atom is -0.481 e. The van der Waals surface area contributed by atoms with Crippen LogP contribution in [0.4, 0.5) is 5.95 Å². The topological polar surface area (TPSA) is 125 Å². The highest BCUT2D eigenvalue weighted by Gasteiger charge is 2.12. The number of nitrogens with zero attached hydrogens (tertiary/aromatic N) is 3. The Morgan fingerprint density at radius 3 is 1.91 bits per heavy atom. The molecule has 128 valence electrons. The standard InChI is InChI=1S/C15H24N4O4/c1-2-3-4-5-6-7-8-16-15-18-11(9-13(20)21)17-12(19-15)10-14(22)23/h2-10H2,1H3,(H,20,21)(H,22,23)(H,16,17,18,19). The Morgan fingerprint density at radius 2 is 1.39 bits per heavy atom. The first-order chi connectivity index (χ1) is 11.0. The number of hydrogen-bond acceptors (Lipinski definition) is 6. The number of aliphatic carboxylic acids is 2. The minimum atomic E-state index is -1.07. The summed E-state index contributed by atoms with van der Waals surface area (Å²) in [7, 11) is 0. The zero-order valence-corrected chi connectivity index (χ0v) is 13.4. The van der Waals surface area contributed by atoms with E-state index in [4.69, 9.17) is 10.2 Å². The second-order valence-corrected chi connectivity index (χ2v) is 5.33. The summed E-state index contributed by atoms with van der Waals surface area (Å²) in [5.74, 6) is -1.77. The molecule has 8 heteroatoms. The number of carbonyl (C=O) groups is 2. The Bertz CT molecular complexity index is 488. The van der Waals surface area contributed by atoms with Crippen LogP contribution in [0, 0.1) is 0 Å². The monoisotopic (exact) mass is 324 g/mol. The van der Waals surface area contributed by atoms with E-state index >= 15 is 0 Å². The number of unbranched alkanes of at least 4 members (excludes halogenated alkanes) is 5. The van der Waals surface area contributed by atoms with Crippen LogP contribution >= 0.6 is 0 Å². The first-order valence-corrected chi connectivity index (χ1v) is 7.92. The molecule has 8 nitrogen and oxygen atoms in total. The lowest BCUT2D eigenvalue weighted by Gasteiger charge is -2.07. The van der Waals surface area contributed by atoms with Crippen LogP contribution in [-0.4, -0.2) is 43.6 Å². The van der Waals surface area contributed by atoms with Crippen molar-refractivity contribution in [3.8, 4) is 0 Å². The molecule has 0 aliphatic carbocycles. The maximum atomic E-state index is 10.8. The van der Waals surface area contributed by atoms with Gasteiger partial charge >= 0.3 is 11.9 Å². The average Bonchev–Trinajstić information content (AvgIpc) is 2.44. The van der Waals surface area contributed by atoms with Gasteiger partial charge in [0.2, 0.25) is 5.95 Å². The number of carboxylic acids is 2. The van der Waals surface area contributed by atoms with Crippen LogP contribution in [0.2, 0.25) is 0 Å². The molecule has 0 aliphatic rings. The molecule has 0 atom stereocenters. The molecule has 1 heterocycles. The zero-order valence-electron chi connectivity index (χ0n) is 13.4. The van der Waals surface area contributed by atoms with Crippen molar-refractivity contribution in [2.24, 2.45) is 0 Å². The number of rotatable bonds is 12. The van der Waals surface area contributed by atoms with Gasteiger partial charge in [0, 0.05) is 6.54 Å². The van der Waals surface area contributed by atoms with Crippen molar-refractivity contribution in [2.75, 3.05) is 11.9 Å². The quantitative estimate of drug-likeness (QED) is 0.498. The molecule has 0 saturated heterocycles. The Kier molecular flexibility index (Phi) is 8.56. The van der Waals surface area contributed by atoms with Crippen LogP contribution in [0.25, 0.3) is 0 Å². The summed E-state index contributed by atoms with van der Waals surface area (Å²) in [6, 6.07) is 0. The fourth-order valence-corrected chi connectivity index (χ4v) is 2.08. The summed E-state index contributed by atoms with van der Waals surface area (Å²) in [6.07, 6.45) is 6.20. The molecule has 0 aromatic carbocycles. The molecule has 0 radical (unpaired) electrons. The molecule has 0 bridgehead atoms. The Labute approximate surface area is 135 Å². The lowest BCUT2D eigenvalue weighted by molar-refractivity contribution is -0.137. The van der Waals surface area contributed by atoms with Crippen molar-refractivity contribution in [3.63, 3.8) is 0 Å². The normalized spacial score (nSPS) is 10.5. The second-order valence-electron chi connectivity index (χ2n) is 5.33. The van der Waals surface area contributed by atoms with Gasteiger partial charge in [-0.3, -0.25) is 9.59 Å². The van der Waals surface area contributed by atoms with Crippen molar-refractivity contribution in [3.05, 3.63) is 11.6 Å². The largest absolute Gasteiger partial charge is 0.481 e. The van der Waals surface area contributed by atoms with Crippen molar-refractivity contribution >= 4 is 17.9 Å². The first-order valence-electron chi connectivity index (χ1n) is 7.92. The van der Waals surface area contributed by atoms with E-state index in [0.717, 1.165) is 12.8 Å². The predicted molar refractivity (Wildman–Crippen MR) is 84.4 cm³/mol. The van der Waals surface area contributed by atoms with Crippen LogP contribution in [0.5, 0.6) is 0 Å². The van der Waals surface area contributed by atoms with Gasteiger partial charge in [-0.05, 0) is 6.42 Å². The van der Waals surface area contributed by atoms with Crippen LogP contribution in [-0.2, 0) is 22.4 Å². The molecule has 0 amide bonds. The second kappa shape index (κ2) is 10.5. The van der Waals surface area contributed by atoms with Crippen LogP contribution < -0.4 is 5.32 Å². The van der Waals surface area contributed by atoms with E-state index in [1.807, 2.05) is 0 Å². The summed E-state index contributed by atoms with van der Waals surface area (Å²) in [5.41, 5.74) is 0. The smallest absolute Gasteiger partial charge is 0.311 e. The summed E-state index contributed by atoms with van der Waals surface area (Å²) in [6.45, 7) is 2.83. The zero-order chi connectivity index (χ0) is 17.1. The van der Waals surface area contributed by atoms with E-state index in [2.05, 4.69) is 27.2 Å². The van der Waals surface area contributed by atoms with E-state index in [1.54, 1.807) is 0 Å². The molecule has 0 saturated carbocycles. The van der Waals surface area contributed by atoms with Crippen molar-refractivity contribution < 1.29 is 19.8 Å². The van der Waals surface area contributed by atoms with Crippen molar-refractivity contribution in [1.82, 2.24) is 15.0 Å². The molecule has 1 aromatic rings. The van der Waals surface area contributed by atoms with Gasteiger partial charge in [-0.1, -0.05) is 39.0 Å². The molecule has 3 N–H and O–H groups in total. The van der Waals surface area contributed by atoms with E-state index in [0.29, 0.717) is 6.54 Å². The lowest BCUT2D eigenvalue weighted by atomic mass is 10.1. The minimum absolute atomic E-state index is 0.0641. The fraction of sp³-hybridized carbons (Fsp3) is 0.667. The van der Waals surface area contributed by atoms with Gasteiger partial charge in [0.05, 0.1) is 0 Å². The summed E-state index contributed by atoms with van der Waals surface area (Å²) in [4.78, 5) is 33.4. The third-order valence-electron chi connectivity index (χ3n) is 3.16. The molecular formula is C15H24N4O4. The van der Waals surface area contributed by atoms with Gasteiger partial charge in [-0.15, -0.1) is 0 Å². The average molecular weight is 324 g/mol. The Morgan fingerprint density at radius 1 is 0.870 bits per heavy atom. The van der Waals surface area contributed by atoms with Crippen LogP contribution in [0.15, 0.2) is 0 Å².